The molecule has 1 N–H and O–H groups in total. The molecule has 0 aliphatic heterocycles. The van der Waals surface area contributed by atoms with Crippen LogP contribution in [0.3, 0.4) is 0 Å². The molecule has 0 spiro atoms. The standard InChI is InChI=1S/C12H19NO2/c1-10(11-7-5-4-6-8-11)13-9-12(14-2)15-3/h4-8,10,12-13H,9H2,1-3H3. The lowest BCUT2D eigenvalue weighted by atomic mass is 10.1. The Bertz CT molecular complexity index is 260. The fraction of sp³-hybridized carbons (Fsp3) is 0.500. The van der Waals surface area contributed by atoms with Gasteiger partial charge in [-0.05, 0) is 12.5 Å². The van der Waals surface area contributed by atoms with E-state index in [2.05, 4.69) is 24.4 Å². The van der Waals surface area contributed by atoms with E-state index in [1.54, 1.807) is 14.2 Å². The molecule has 1 aromatic rings. The highest BCUT2D eigenvalue weighted by Crippen LogP contribution is 2.10. The van der Waals surface area contributed by atoms with Crippen LogP contribution in [0.15, 0.2) is 30.3 Å². The monoisotopic (exact) mass is 209 g/mol. The van der Waals surface area contributed by atoms with Crippen molar-refractivity contribution in [2.45, 2.75) is 19.3 Å². The summed E-state index contributed by atoms with van der Waals surface area (Å²) in [4.78, 5) is 0. The van der Waals surface area contributed by atoms with E-state index in [1.807, 2.05) is 18.2 Å². The van der Waals surface area contributed by atoms with Crippen molar-refractivity contribution in [3.05, 3.63) is 35.9 Å². The van der Waals surface area contributed by atoms with Gasteiger partial charge in [-0.2, -0.15) is 0 Å². The molecular formula is C12H19NO2. The van der Waals surface area contributed by atoms with Gasteiger partial charge in [0.2, 0.25) is 0 Å². The largest absolute Gasteiger partial charge is 0.355 e. The number of ether oxygens (including phenoxy) is 2. The predicted octanol–water partition coefficient (Wildman–Crippen LogP) is 1.96. The van der Waals surface area contributed by atoms with Crippen LogP contribution in [0.5, 0.6) is 0 Å². The molecule has 3 heteroatoms. The summed E-state index contributed by atoms with van der Waals surface area (Å²) in [7, 11) is 3.28. The van der Waals surface area contributed by atoms with E-state index < -0.39 is 0 Å². The van der Waals surface area contributed by atoms with Crippen LogP contribution in [0.1, 0.15) is 18.5 Å². The number of hydrogen-bond acceptors (Lipinski definition) is 3. The molecule has 0 amide bonds. The third-order valence-corrected chi connectivity index (χ3v) is 2.42. The normalized spacial score (nSPS) is 13.1. The van der Waals surface area contributed by atoms with E-state index in [4.69, 9.17) is 9.47 Å². The van der Waals surface area contributed by atoms with Crippen LogP contribution in [0, 0.1) is 0 Å². The number of hydrogen-bond donors (Lipinski definition) is 1. The Balaban J connectivity index is 2.39. The number of rotatable bonds is 6. The molecule has 1 aromatic carbocycles. The lowest BCUT2D eigenvalue weighted by Gasteiger charge is -2.18. The third-order valence-electron chi connectivity index (χ3n) is 2.42. The van der Waals surface area contributed by atoms with Crippen LogP contribution in [-0.4, -0.2) is 27.1 Å². The maximum absolute atomic E-state index is 5.10. The van der Waals surface area contributed by atoms with Crippen molar-refractivity contribution in [3.63, 3.8) is 0 Å². The Kier molecular flexibility index (Phi) is 5.32. The zero-order valence-electron chi connectivity index (χ0n) is 9.57. The zero-order valence-corrected chi connectivity index (χ0v) is 9.57. The van der Waals surface area contributed by atoms with Crippen LogP contribution >= 0.6 is 0 Å². The van der Waals surface area contributed by atoms with E-state index in [1.165, 1.54) is 5.56 Å². The first-order valence-electron chi connectivity index (χ1n) is 5.12. The van der Waals surface area contributed by atoms with Crippen molar-refractivity contribution in [1.82, 2.24) is 5.32 Å². The zero-order chi connectivity index (χ0) is 11.1. The Morgan fingerprint density at radius 1 is 1.13 bits per heavy atom. The summed E-state index contributed by atoms with van der Waals surface area (Å²) in [5.41, 5.74) is 1.27. The smallest absolute Gasteiger partial charge is 0.169 e. The molecule has 0 aliphatic carbocycles. The molecule has 0 saturated carbocycles. The summed E-state index contributed by atoms with van der Waals surface area (Å²) >= 11 is 0. The first-order valence-corrected chi connectivity index (χ1v) is 5.12. The Morgan fingerprint density at radius 2 is 1.73 bits per heavy atom. The minimum absolute atomic E-state index is 0.184. The van der Waals surface area contributed by atoms with Crippen molar-refractivity contribution in [3.8, 4) is 0 Å². The van der Waals surface area contributed by atoms with Gasteiger partial charge >= 0.3 is 0 Å². The maximum Gasteiger partial charge on any atom is 0.169 e. The Hall–Kier alpha value is -0.900. The quantitative estimate of drug-likeness (QED) is 0.726. The van der Waals surface area contributed by atoms with Gasteiger partial charge in [-0.3, -0.25) is 0 Å². The van der Waals surface area contributed by atoms with Gasteiger partial charge in [-0.1, -0.05) is 30.3 Å². The second kappa shape index (κ2) is 6.56. The second-order valence-electron chi connectivity index (χ2n) is 3.44. The third kappa shape index (κ3) is 4.00. The molecule has 3 nitrogen and oxygen atoms in total. The van der Waals surface area contributed by atoms with Gasteiger partial charge in [-0.25, -0.2) is 0 Å². The minimum Gasteiger partial charge on any atom is -0.355 e. The van der Waals surface area contributed by atoms with Gasteiger partial charge in [0.05, 0.1) is 0 Å². The molecule has 0 heterocycles. The van der Waals surface area contributed by atoms with Gasteiger partial charge in [0, 0.05) is 26.8 Å². The SMILES string of the molecule is COC(CNC(C)c1ccccc1)OC. The molecule has 15 heavy (non-hydrogen) atoms. The molecule has 1 rings (SSSR count). The Morgan fingerprint density at radius 3 is 2.27 bits per heavy atom. The van der Waals surface area contributed by atoms with Gasteiger partial charge < -0.3 is 14.8 Å². The van der Waals surface area contributed by atoms with Crippen LogP contribution < -0.4 is 5.32 Å². The van der Waals surface area contributed by atoms with Crippen molar-refractivity contribution >= 4 is 0 Å². The Labute approximate surface area is 91.4 Å². The summed E-state index contributed by atoms with van der Waals surface area (Å²) < 4.78 is 10.2. The molecule has 0 radical (unpaired) electrons. The van der Waals surface area contributed by atoms with Gasteiger partial charge in [-0.15, -0.1) is 0 Å². The minimum atomic E-state index is -0.184. The van der Waals surface area contributed by atoms with Crippen molar-refractivity contribution < 1.29 is 9.47 Å². The van der Waals surface area contributed by atoms with Gasteiger partial charge in [0.15, 0.2) is 6.29 Å². The van der Waals surface area contributed by atoms with Gasteiger partial charge in [0.1, 0.15) is 0 Å². The van der Waals surface area contributed by atoms with Crippen LogP contribution in [-0.2, 0) is 9.47 Å². The van der Waals surface area contributed by atoms with E-state index in [0.29, 0.717) is 12.6 Å². The molecule has 0 bridgehead atoms. The summed E-state index contributed by atoms with van der Waals surface area (Å²) in [5, 5.41) is 3.35. The number of benzene rings is 1. The lowest BCUT2D eigenvalue weighted by Crippen LogP contribution is -2.31. The molecule has 84 valence electrons. The first-order chi connectivity index (χ1) is 7.27. The van der Waals surface area contributed by atoms with E-state index >= 15 is 0 Å². The second-order valence-corrected chi connectivity index (χ2v) is 3.44. The molecule has 0 fully saturated rings. The predicted molar refractivity (Wildman–Crippen MR) is 60.7 cm³/mol. The topological polar surface area (TPSA) is 30.5 Å². The van der Waals surface area contributed by atoms with Crippen LogP contribution in [0.2, 0.25) is 0 Å². The van der Waals surface area contributed by atoms with Crippen LogP contribution in [0.4, 0.5) is 0 Å². The molecule has 0 aliphatic rings. The molecule has 1 unspecified atom stereocenters. The molecule has 0 saturated heterocycles. The lowest BCUT2D eigenvalue weighted by molar-refractivity contribution is -0.0997. The summed E-state index contributed by atoms with van der Waals surface area (Å²) in [6.45, 7) is 2.81. The fourth-order valence-electron chi connectivity index (χ4n) is 1.40. The number of methoxy groups -OCH3 is 2. The summed E-state index contributed by atoms with van der Waals surface area (Å²) in [6, 6.07) is 10.6. The van der Waals surface area contributed by atoms with Crippen molar-refractivity contribution in [1.29, 1.82) is 0 Å². The highest BCUT2D eigenvalue weighted by Gasteiger charge is 2.08. The summed E-state index contributed by atoms with van der Waals surface area (Å²) in [6.07, 6.45) is -0.184. The fourth-order valence-corrected chi connectivity index (χ4v) is 1.40. The van der Waals surface area contributed by atoms with Crippen molar-refractivity contribution in [2.75, 3.05) is 20.8 Å². The summed E-state index contributed by atoms with van der Waals surface area (Å²) in [5.74, 6) is 0. The molecule has 0 aromatic heterocycles. The van der Waals surface area contributed by atoms with Gasteiger partial charge in [0.25, 0.3) is 0 Å². The van der Waals surface area contributed by atoms with Crippen molar-refractivity contribution in [2.24, 2.45) is 0 Å². The van der Waals surface area contributed by atoms with E-state index in [0.717, 1.165) is 0 Å². The van der Waals surface area contributed by atoms with E-state index in [9.17, 15) is 0 Å². The molecular weight excluding hydrogens is 190 g/mol. The maximum atomic E-state index is 5.10. The first kappa shape index (κ1) is 12.2. The highest BCUT2D eigenvalue weighted by molar-refractivity contribution is 5.17. The number of nitrogens with one attached hydrogen (secondary N) is 1. The average Bonchev–Trinajstić information content (AvgIpc) is 2.31. The highest BCUT2D eigenvalue weighted by atomic mass is 16.7. The molecule has 1 atom stereocenters. The van der Waals surface area contributed by atoms with E-state index in [-0.39, 0.29) is 6.29 Å². The van der Waals surface area contributed by atoms with Crippen LogP contribution in [0.25, 0.3) is 0 Å². The average molecular weight is 209 g/mol.